The molecule has 0 radical (unpaired) electrons. The monoisotopic (exact) mass is 470 g/mol. The number of carbonyl (C=O) groups is 3. The lowest BCUT2D eigenvalue weighted by Gasteiger charge is -2.17. The van der Waals surface area contributed by atoms with Gasteiger partial charge in [-0.25, -0.2) is 4.79 Å². The van der Waals surface area contributed by atoms with Gasteiger partial charge in [0.15, 0.2) is 6.61 Å². The first-order valence-corrected chi connectivity index (χ1v) is 11.7. The van der Waals surface area contributed by atoms with Crippen LogP contribution in [0.3, 0.4) is 0 Å². The van der Waals surface area contributed by atoms with Crippen molar-refractivity contribution >= 4 is 46.0 Å². The number of ether oxygens (including phenoxy) is 1. The van der Waals surface area contributed by atoms with Gasteiger partial charge in [0.05, 0.1) is 0 Å². The van der Waals surface area contributed by atoms with Crippen LogP contribution in [0.4, 0.5) is 5.13 Å². The molecule has 1 heterocycles. The van der Waals surface area contributed by atoms with Crippen molar-refractivity contribution in [3.8, 4) is 0 Å². The van der Waals surface area contributed by atoms with E-state index in [-0.39, 0.29) is 5.91 Å². The van der Waals surface area contributed by atoms with Crippen molar-refractivity contribution in [1.29, 1.82) is 0 Å². The average molecular weight is 471 g/mol. The molecule has 166 valence electrons. The zero-order chi connectivity index (χ0) is 22.8. The summed E-state index contributed by atoms with van der Waals surface area (Å²) in [5, 5.41) is 13.9. The third-order valence-corrected chi connectivity index (χ3v) is 6.00. The van der Waals surface area contributed by atoms with Crippen molar-refractivity contribution in [3.05, 3.63) is 76.8 Å². The molecule has 3 rings (SSSR count). The molecule has 0 bridgehead atoms. The largest absolute Gasteiger partial charge is 0.454 e. The fourth-order valence-corrected chi connectivity index (χ4v) is 4.22. The number of hydrogen-bond acceptors (Lipinski definition) is 8. The second kappa shape index (κ2) is 12.0. The number of nitrogens with one attached hydrogen (secondary N) is 2. The van der Waals surface area contributed by atoms with Gasteiger partial charge in [0, 0.05) is 17.1 Å². The minimum absolute atomic E-state index is 0.295. The van der Waals surface area contributed by atoms with Crippen LogP contribution in [0, 0.1) is 6.92 Å². The Hall–Kier alpha value is -3.24. The van der Waals surface area contributed by atoms with Gasteiger partial charge in [0.2, 0.25) is 5.13 Å². The summed E-state index contributed by atoms with van der Waals surface area (Å²) in [5.41, 5.74) is 1.54. The predicted molar refractivity (Wildman–Crippen MR) is 125 cm³/mol. The fraction of sp³-hybridized carbons (Fsp3) is 0.227. The van der Waals surface area contributed by atoms with E-state index >= 15 is 0 Å². The fourth-order valence-electron chi connectivity index (χ4n) is 2.61. The normalized spacial score (nSPS) is 11.4. The zero-order valence-electron chi connectivity index (χ0n) is 17.3. The molecule has 10 heteroatoms. The van der Waals surface area contributed by atoms with Crippen molar-refractivity contribution in [2.45, 2.75) is 18.7 Å². The number of nitrogens with zero attached hydrogens (tertiary/aromatic N) is 2. The van der Waals surface area contributed by atoms with E-state index in [0.29, 0.717) is 27.2 Å². The molecule has 3 aromatic rings. The van der Waals surface area contributed by atoms with Gasteiger partial charge in [0.25, 0.3) is 11.8 Å². The van der Waals surface area contributed by atoms with E-state index in [1.165, 1.54) is 23.1 Å². The van der Waals surface area contributed by atoms with Crippen LogP contribution >= 0.6 is 23.1 Å². The van der Waals surface area contributed by atoms with Gasteiger partial charge in [-0.2, -0.15) is 11.8 Å². The Bertz CT molecular complexity index is 1040. The van der Waals surface area contributed by atoms with Gasteiger partial charge in [-0.1, -0.05) is 59.9 Å². The zero-order valence-corrected chi connectivity index (χ0v) is 18.9. The van der Waals surface area contributed by atoms with Gasteiger partial charge in [0.1, 0.15) is 11.0 Å². The summed E-state index contributed by atoms with van der Waals surface area (Å²) in [4.78, 5) is 37.3. The minimum Gasteiger partial charge on any atom is -0.454 e. The van der Waals surface area contributed by atoms with Crippen molar-refractivity contribution in [3.63, 3.8) is 0 Å². The number of rotatable bonds is 10. The molecule has 2 amide bonds. The van der Waals surface area contributed by atoms with Crippen LogP contribution in [0.2, 0.25) is 0 Å². The van der Waals surface area contributed by atoms with Crippen LogP contribution < -0.4 is 10.6 Å². The first-order chi connectivity index (χ1) is 15.5. The molecule has 0 aliphatic rings. The highest BCUT2D eigenvalue weighted by molar-refractivity contribution is 7.98. The number of aromatic nitrogens is 2. The van der Waals surface area contributed by atoms with Crippen molar-refractivity contribution in [2.24, 2.45) is 0 Å². The lowest BCUT2D eigenvalue weighted by molar-refractivity contribution is -0.148. The van der Waals surface area contributed by atoms with Crippen molar-refractivity contribution in [1.82, 2.24) is 15.5 Å². The average Bonchev–Trinajstić information content (AvgIpc) is 3.22. The molecule has 0 spiro atoms. The van der Waals surface area contributed by atoms with Gasteiger partial charge in [-0.3, -0.25) is 14.9 Å². The molecule has 8 nitrogen and oxygen atoms in total. The Labute approximate surface area is 193 Å². The van der Waals surface area contributed by atoms with E-state index in [4.69, 9.17) is 4.74 Å². The van der Waals surface area contributed by atoms with E-state index in [1.807, 2.05) is 30.3 Å². The molecule has 1 aromatic heterocycles. The van der Waals surface area contributed by atoms with E-state index < -0.39 is 24.5 Å². The Morgan fingerprint density at radius 3 is 2.38 bits per heavy atom. The molecule has 2 N–H and O–H groups in total. The maximum Gasteiger partial charge on any atom is 0.330 e. The SMILES string of the molecule is Cc1nnc(NC(=O)COC(=O)[C@H](CSCc2ccccc2)NC(=O)c2ccccc2)s1. The van der Waals surface area contributed by atoms with E-state index in [2.05, 4.69) is 20.8 Å². The second-order valence-corrected chi connectivity index (χ2v) is 8.89. The number of esters is 1. The highest BCUT2D eigenvalue weighted by Gasteiger charge is 2.24. The molecule has 0 aliphatic heterocycles. The lowest BCUT2D eigenvalue weighted by atomic mass is 10.2. The highest BCUT2D eigenvalue weighted by atomic mass is 32.2. The first-order valence-electron chi connectivity index (χ1n) is 9.75. The minimum atomic E-state index is -0.909. The van der Waals surface area contributed by atoms with E-state index in [1.54, 1.807) is 37.3 Å². The number of hydrogen-bond donors (Lipinski definition) is 2. The molecule has 32 heavy (non-hydrogen) atoms. The number of amides is 2. The molecule has 0 unspecified atom stereocenters. The standard InChI is InChI=1S/C22H22N4O4S2/c1-15-25-26-22(32-15)24-19(27)12-30-21(29)18(14-31-13-16-8-4-2-5-9-16)23-20(28)17-10-6-3-7-11-17/h2-11,18H,12-14H2,1H3,(H,23,28)(H,24,26,27)/t18-/m0/s1. The number of aryl methyl sites for hydroxylation is 1. The summed E-state index contributed by atoms with van der Waals surface area (Å²) in [7, 11) is 0. The molecular formula is C22H22N4O4S2. The number of thioether (sulfide) groups is 1. The Morgan fingerprint density at radius 1 is 1.03 bits per heavy atom. The van der Waals surface area contributed by atoms with Crippen molar-refractivity contribution < 1.29 is 19.1 Å². The van der Waals surface area contributed by atoms with Gasteiger partial charge in [-0.15, -0.1) is 10.2 Å². The molecule has 0 saturated carbocycles. The van der Waals surface area contributed by atoms with Gasteiger partial charge < -0.3 is 10.1 Å². The van der Waals surface area contributed by atoms with Crippen LogP contribution in [0.5, 0.6) is 0 Å². The van der Waals surface area contributed by atoms with E-state index in [9.17, 15) is 14.4 Å². The van der Waals surface area contributed by atoms with Crippen LogP contribution in [0.1, 0.15) is 20.9 Å². The summed E-state index contributed by atoms with van der Waals surface area (Å²) in [6.07, 6.45) is 0. The number of benzene rings is 2. The van der Waals surface area contributed by atoms with Crippen LogP contribution in [0.25, 0.3) is 0 Å². The molecule has 0 saturated heterocycles. The molecule has 0 fully saturated rings. The first kappa shape index (κ1) is 23.4. The van der Waals surface area contributed by atoms with Crippen LogP contribution in [0.15, 0.2) is 60.7 Å². The molecule has 1 atom stereocenters. The third kappa shape index (κ3) is 7.47. The summed E-state index contributed by atoms with van der Waals surface area (Å²) in [5.74, 6) is -0.633. The Morgan fingerprint density at radius 2 is 1.72 bits per heavy atom. The molecule has 0 aliphatic carbocycles. The predicted octanol–water partition coefficient (Wildman–Crippen LogP) is 3.06. The quantitative estimate of drug-likeness (QED) is 0.438. The molecule has 2 aromatic carbocycles. The van der Waals surface area contributed by atoms with Gasteiger partial charge >= 0.3 is 5.97 Å². The topological polar surface area (TPSA) is 110 Å². The number of anilines is 1. The Kier molecular flexibility index (Phi) is 8.76. The Balaban J connectivity index is 1.57. The summed E-state index contributed by atoms with van der Waals surface area (Å²) in [6, 6.07) is 17.5. The van der Waals surface area contributed by atoms with Crippen LogP contribution in [-0.4, -0.2) is 46.4 Å². The van der Waals surface area contributed by atoms with Crippen LogP contribution in [-0.2, 0) is 20.1 Å². The number of carbonyl (C=O) groups excluding carboxylic acids is 3. The summed E-state index contributed by atoms with van der Waals surface area (Å²) in [6.45, 7) is 1.28. The van der Waals surface area contributed by atoms with Crippen molar-refractivity contribution in [2.75, 3.05) is 17.7 Å². The van der Waals surface area contributed by atoms with Gasteiger partial charge in [-0.05, 0) is 24.6 Å². The maximum absolute atomic E-state index is 12.7. The summed E-state index contributed by atoms with van der Waals surface area (Å²) >= 11 is 2.70. The summed E-state index contributed by atoms with van der Waals surface area (Å²) < 4.78 is 5.16. The lowest BCUT2D eigenvalue weighted by Crippen LogP contribution is -2.44. The van der Waals surface area contributed by atoms with E-state index in [0.717, 1.165) is 5.56 Å². The second-order valence-electron chi connectivity index (χ2n) is 6.67. The molecular weight excluding hydrogens is 448 g/mol. The highest BCUT2D eigenvalue weighted by Crippen LogP contribution is 2.15. The smallest absolute Gasteiger partial charge is 0.330 e. The maximum atomic E-state index is 12.7. The third-order valence-electron chi connectivity index (χ3n) is 4.14.